The van der Waals surface area contributed by atoms with Gasteiger partial charge >= 0.3 is 0 Å². The van der Waals surface area contributed by atoms with Crippen LogP contribution in [0.15, 0.2) is 27.8 Å². The third kappa shape index (κ3) is 3.78. The normalized spacial score (nSPS) is 19.5. The van der Waals surface area contributed by atoms with Crippen LogP contribution in [0, 0.1) is 0 Å². The monoisotopic (exact) mass is 431 g/mol. The third-order valence-electron chi connectivity index (χ3n) is 4.07. The summed E-state index contributed by atoms with van der Waals surface area (Å²) in [5.41, 5.74) is 1.06. The van der Waals surface area contributed by atoms with Gasteiger partial charge in [0.25, 0.3) is 0 Å². The highest BCUT2D eigenvalue weighted by Crippen LogP contribution is 2.32. The summed E-state index contributed by atoms with van der Waals surface area (Å²) in [7, 11) is 0.611. The van der Waals surface area contributed by atoms with Crippen LogP contribution >= 0.6 is 27.7 Å². The van der Waals surface area contributed by atoms with Crippen LogP contribution in [0.25, 0.3) is 0 Å². The van der Waals surface area contributed by atoms with Crippen LogP contribution in [0.4, 0.5) is 0 Å². The molecule has 1 aromatic heterocycles. The number of rotatable bonds is 5. The maximum atomic E-state index is 11.7. The van der Waals surface area contributed by atoms with Crippen LogP contribution in [0.3, 0.4) is 0 Å². The van der Waals surface area contributed by atoms with E-state index in [1.54, 1.807) is 18.9 Å². The molecule has 0 amide bonds. The molecule has 3 rings (SSSR count). The van der Waals surface area contributed by atoms with Crippen LogP contribution in [0.2, 0.25) is 0 Å². The van der Waals surface area contributed by atoms with E-state index in [2.05, 4.69) is 26.1 Å². The molecule has 6 nitrogen and oxygen atoms in total. The average molecular weight is 432 g/mol. The van der Waals surface area contributed by atoms with E-state index in [9.17, 15) is 8.42 Å². The number of hydrogen-bond acceptors (Lipinski definition) is 6. The summed E-state index contributed by atoms with van der Waals surface area (Å²) in [5, 5.41) is 9.23. The van der Waals surface area contributed by atoms with E-state index in [-0.39, 0.29) is 17.4 Å². The number of halogens is 1. The molecular weight excluding hydrogens is 414 g/mol. The molecule has 1 aromatic carbocycles. The van der Waals surface area contributed by atoms with E-state index in [0.717, 1.165) is 26.8 Å². The average Bonchev–Trinajstić information content (AvgIpc) is 3.07. The van der Waals surface area contributed by atoms with Crippen LogP contribution in [-0.2, 0) is 22.6 Å². The van der Waals surface area contributed by atoms with Gasteiger partial charge in [-0.25, -0.2) is 8.42 Å². The van der Waals surface area contributed by atoms with E-state index >= 15 is 0 Å². The Morgan fingerprint density at radius 1 is 1.42 bits per heavy atom. The molecule has 0 N–H and O–H groups in total. The molecule has 0 saturated carbocycles. The highest BCUT2D eigenvalue weighted by molar-refractivity contribution is 9.10. The number of ether oxygens (including phenoxy) is 1. The predicted octanol–water partition coefficient (Wildman–Crippen LogP) is 2.78. The van der Waals surface area contributed by atoms with Crippen molar-refractivity contribution < 1.29 is 13.2 Å². The topological polar surface area (TPSA) is 74.1 Å². The van der Waals surface area contributed by atoms with Gasteiger partial charge in [-0.2, -0.15) is 0 Å². The first-order chi connectivity index (χ1) is 11.4. The fraction of sp³-hybridized carbons (Fsp3) is 0.467. The number of hydrogen-bond donors (Lipinski definition) is 0. The van der Waals surface area contributed by atoms with Gasteiger partial charge in [0.2, 0.25) is 0 Å². The Bertz CT molecular complexity index is 852. The van der Waals surface area contributed by atoms with E-state index < -0.39 is 9.84 Å². The van der Waals surface area contributed by atoms with Gasteiger partial charge in [-0.05, 0) is 24.6 Å². The molecule has 130 valence electrons. The second-order valence-corrected chi connectivity index (χ2v) is 9.83. The van der Waals surface area contributed by atoms with E-state index in [0.29, 0.717) is 12.2 Å². The van der Waals surface area contributed by atoms with Crippen LogP contribution < -0.4 is 4.74 Å². The Morgan fingerprint density at radius 3 is 2.88 bits per heavy atom. The molecule has 0 spiro atoms. The van der Waals surface area contributed by atoms with Crippen molar-refractivity contribution in [2.45, 2.75) is 23.2 Å². The third-order valence-corrected chi connectivity index (χ3v) is 7.40. The first-order valence-corrected chi connectivity index (χ1v) is 11.0. The van der Waals surface area contributed by atoms with Gasteiger partial charge < -0.3 is 9.30 Å². The number of nitrogens with zero attached hydrogens (tertiary/aromatic N) is 3. The summed E-state index contributed by atoms with van der Waals surface area (Å²) in [4.78, 5) is 0. The van der Waals surface area contributed by atoms with E-state index in [1.807, 2.05) is 29.8 Å². The van der Waals surface area contributed by atoms with Crippen molar-refractivity contribution in [3.05, 3.63) is 34.1 Å². The van der Waals surface area contributed by atoms with Gasteiger partial charge in [-0.3, -0.25) is 0 Å². The zero-order valence-electron chi connectivity index (χ0n) is 13.4. The number of benzene rings is 1. The summed E-state index contributed by atoms with van der Waals surface area (Å²) >= 11 is 5.03. The first-order valence-electron chi connectivity index (χ1n) is 7.44. The standard InChI is InChI=1S/C15H18BrN3O3S2/c1-19-14(10-5-6-24(20,21)9-10)17-18-15(19)23-8-11-7-12(16)3-4-13(11)22-2/h3-4,7,10H,5-6,8-9H2,1-2H3. The molecule has 0 aliphatic carbocycles. The van der Waals surface area contributed by atoms with Crippen molar-refractivity contribution in [2.24, 2.45) is 7.05 Å². The predicted molar refractivity (Wildman–Crippen MR) is 97.3 cm³/mol. The number of thioether (sulfide) groups is 1. The lowest BCUT2D eigenvalue weighted by Gasteiger charge is -2.10. The smallest absolute Gasteiger partial charge is 0.191 e. The summed E-state index contributed by atoms with van der Waals surface area (Å²) in [6.45, 7) is 0. The maximum absolute atomic E-state index is 11.7. The van der Waals surface area contributed by atoms with Crippen LogP contribution in [0.5, 0.6) is 5.75 Å². The van der Waals surface area contributed by atoms with Gasteiger partial charge in [0.05, 0.1) is 18.6 Å². The van der Waals surface area contributed by atoms with Gasteiger partial charge in [-0.15, -0.1) is 10.2 Å². The molecule has 1 atom stereocenters. The van der Waals surface area contributed by atoms with Crippen molar-refractivity contribution in [2.75, 3.05) is 18.6 Å². The number of aromatic nitrogens is 3. The fourth-order valence-corrected chi connectivity index (χ4v) is 5.85. The number of sulfone groups is 1. The molecule has 2 aromatic rings. The van der Waals surface area contributed by atoms with E-state index in [4.69, 9.17) is 4.74 Å². The zero-order chi connectivity index (χ0) is 17.3. The lowest BCUT2D eigenvalue weighted by atomic mass is 10.1. The summed E-state index contributed by atoms with van der Waals surface area (Å²) in [6.07, 6.45) is 0.623. The van der Waals surface area contributed by atoms with Crippen LogP contribution in [0.1, 0.15) is 23.7 Å². The lowest BCUT2D eigenvalue weighted by molar-refractivity contribution is 0.411. The molecule has 0 bridgehead atoms. The van der Waals surface area contributed by atoms with Gasteiger partial charge in [-0.1, -0.05) is 27.7 Å². The second-order valence-electron chi connectivity index (χ2n) is 5.74. The number of methoxy groups -OCH3 is 1. The lowest BCUT2D eigenvalue weighted by Crippen LogP contribution is -2.09. The van der Waals surface area contributed by atoms with Gasteiger partial charge in [0.1, 0.15) is 11.6 Å². The minimum absolute atomic E-state index is 0.0535. The Hall–Kier alpha value is -1.06. The zero-order valence-corrected chi connectivity index (χ0v) is 16.6. The Balaban J connectivity index is 1.75. The molecule has 1 aliphatic rings. The minimum Gasteiger partial charge on any atom is -0.496 e. The van der Waals surface area contributed by atoms with Crippen molar-refractivity contribution in [3.63, 3.8) is 0 Å². The van der Waals surface area contributed by atoms with Gasteiger partial charge in [0, 0.05) is 28.8 Å². The Labute approximate surface area is 154 Å². The Morgan fingerprint density at radius 2 is 2.21 bits per heavy atom. The first kappa shape index (κ1) is 17.8. The summed E-state index contributed by atoms with van der Waals surface area (Å²) < 4.78 is 31.6. The molecule has 0 radical (unpaired) electrons. The molecule has 9 heteroatoms. The summed E-state index contributed by atoms with van der Waals surface area (Å²) in [6, 6.07) is 5.88. The highest BCUT2D eigenvalue weighted by Gasteiger charge is 2.32. The molecule has 1 aliphatic heterocycles. The molecule has 1 saturated heterocycles. The highest BCUT2D eigenvalue weighted by atomic mass is 79.9. The van der Waals surface area contributed by atoms with E-state index in [1.165, 1.54) is 0 Å². The van der Waals surface area contributed by atoms with Crippen molar-refractivity contribution in [1.82, 2.24) is 14.8 Å². The van der Waals surface area contributed by atoms with Gasteiger partial charge in [0.15, 0.2) is 15.0 Å². The molecule has 1 unspecified atom stereocenters. The molecular formula is C15H18BrN3O3S2. The largest absolute Gasteiger partial charge is 0.496 e. The maximum Gasteiger partial charge on any atom is 0.191 e. The minimum atomic E-state index is -2.93. The van der Waals surface area contributed by atoms with Crippen molar-refractivity contribution in [1.29, 1.82) is 0 Å². The Kier molecular flexibility index (Phi) is 5.22. The second kappa shape index (κ2) is 7.05. The van der Waals surface area contributed by atoms with Crippen LogP contribution in [-0.4, -0.2) is 41.8 Å². The molecule has 24 heavy (non-hydrogen) atoms. The SMILES string of the molecule is COc1ccc(Br)cc1CSc1nnc(C2CCS(=O)(=O)C2)n1C. The summed E-state index contributed by atoms with van der Waals surface area (Å²) in [5.74, 6) is 2.63. The van der Waals surface area contributed by atoms with Crippen molar-refractivity contribution >= 4 is 37.5 Å². The fourth-order valence-electron chi connectivity index (χ4n) is 2.81. The molecule has 1 fully saturated rings. The van der Waals surface area contributed by atoms with Crippen molar-refractivity contribution in [3.8, 4) is 5.75 Å². The molecule has 2 heterocycles. The quantitative estimate of drug-likeness (QED) is 0.677.